The average molecular weight is 445 g/mol. The lowest BCUT2D eigenvalue weighted by molar-refractivity contribution is -0.120. The quantitative estimate of drug-likeness (QED) is 0.516. The van der Waals surface area contributed by atoms with Crippen LogP contribution in [0.3, 0.4) is 0 Å². The van der Waals surface area contributed by atoms with Gasteiger partial charge in [-0.15, -0.1) is 10.2 Å². The van der Waals surface area contributed by atoms with Gasteiger partial charge in [0, 0.05) is 25.3 Å². The van der Waals surface area contributed by atoms with Crippen molar-refractivity contribution in [3.63, 3.8) is 0 Å². The fourth-order valence-corrected chi connectivity index (χ4v) is 5.99. The number of rotatable bonds is 7. The molecule has 2 aromatic rings. The van der Waals surface area contributed by atoms with E-state index in [1.54, 1.807) is 16.3 Å². The molecule has 0 bridgehead atoms. The van der Waals surface area contributed by atoms with Crippen molar-refractivity contribution in [3.8, 4) is 0 Å². The Kier molecular flexibility index (Phi) is 6.73. The lowest BCUT2D eigenvalue weighted by atomic mass is 9.99. The van der Waals surface area contributed by atoms with E-state index in [-0.39, 0.29) is 23.5 Å². The molecule has 28 heavy (non-hydrogen) atoms. The van der Waals surface area contributed by atoms with Gasteiger partial charge >= 0.3 is 0 Å². The lowest BCUT2D eigenvalue weighted by Crippen LogP contribution is -2.43. The Hall–Kier alpha value is -1.50. The number of aromatic nitrogens is 4. The van der Waals surface area contributed by atoms with E-state index in [1.165, 1.54) is 28.2 Å². The van der Waals surface area contributed by atoms with Crippen molar-refractivity contribution in [2.45, 2.75) is 49.0 Å². The van der Waals surface area contributed by atoms with Gasteiger partial charge in [0.05, 0.1) is 12.2 Å². The SMILES string of the molecule is CCSc1nnc(NC(=O)[C@@H]2CCCN(S(=O)(=O)c3cn(C(C)C)cn3)C2)s1. The fourth-order valence-electron chi connectivity index (χ4n) is 2.89. The van der Waals surface area contributed by atoms with Gasteiger partial charge in [0.2, 0.25) is 11.0 Å². The third-order valence-electron chi connectivity index (χ3n) is 4.44. The maximum atomic E-state index is 12.9. The molecule has 12 heteroatoms. The number of nitrogens with one attached hydrogen (secondary N) is 1. The minimum absolute atomic E-state index is 0.0209. The molecule has 0 spiro atoms. The number of thioether (sulfide) groups is 1. The smallest absolute Gasteiger partial charge is 0.262 e. The maximum absolute atomic E-state index is 12.9. The van der Waals surface area contributed by atoms with Gasteiger partial charge in [0.15, 0.2) is 9.37 Å². The summed E-state index contributed by atoms with van der Waals surface area (Å²) in [4.78, 5) is 16.7. The minimum Gasteiger partial charge on any atom is -0.334 e. The molecule has 1 atom stereocenters. The third-order valence-corrected chi connectivity index (χ3v) is 8.04. The second-order valence-electron chi connectivity index (χ2n) is 6.75. The molecule has 2 aromatic heterocycles. The molecule has 154 valence electrons. The topological polar surface area (TPSA) is 110 Å². The highest BCUT2D eigenvalue weighted by Crippen LogP contribution is 2.27. The Bertz CT molecular complexity index is 924. The predicted molar refractivity (Wildman–Crippen MR) is 109 cm³/mol. The Morgan fingerprint density at radius 2 is 2.21 bits per heavy atom. The molecule has 0 saturated carbocycles. The summed E-state index contributed by atoms with van der Waals surface area (Å²) in [7, 11) is -3.72. The summed E-state index contributed by atoms with van der Waals surface area (Å²) in [6.07, 6.45) is 4.31. The van der Waals surface area contributed by atoms with Crippen LogP contribution in [-0.4, -0.2) is 57.2 Å². The summed E-state index contributed by atoms with van der Waals surface area (Å²) in [5, 5.41) is 11.2. The molecule has 0 radical (unpaired) electrons. The van der Waals surface area contributed by atoms with E-state index in [9.17, 15) is 13.2 Å². The number of amides is 1. The van der Waals surface area contributed by atoms with E-state index >= 15 is 0 Å². The Morgan fingerprint density at radius 1 is 1.43 bits per heavy atom. The van der Waals surface area contributed by atoms with Crippen LogP contribution in [0.1, 0.15) is 39.7 Å². The summed E-state index contributed by atoms with van der Waals surface area (Å²) >= 11 is 2.88. The average Bonchev–Trinajstić information content (AvgIpc) is 3.32. The van der Waals surface area contributed by atoms with Crippen LogP contribution >= 0.6 is 23.1 Å². The van der Waals surface area contributed by atoms with E-state index in [2.05, 4.69) is 20.5 Å². The molecule has 0 aromatic carbocycles. The van der Waals surface area contributed by atoms with Crippen molar-refractivity contribution >= 4 is 44.2 Å². The summed E-state index contributed by atoms with van der Waals surface area (Å²) in [5.41, 5.74) is 0. The Morgan fingerprint density at radius 3 is 2.89 bits per heavy atom. The molecule has 1 saturated heterocycles. The van der Waals surface area contributed by atoms with Gasteiger partial charge in [-0.1, -0.05) is 30.0 Å². The normalized spacial score (nSPS) is 18.5. The van der Waals surface area contributed by atoms with E-state index in [0.29, 0.717) is 24.5 Å². The van der Waals surface area contributed by atoms with Crippen LogP contribution in [0.25, 0.3) is 0 Å². The van der Waals surface area contributed by atoms with Crippen LogP contribution in [0.4, 0.5) is 5.13 Å². The number of sulfonamides is 1. The van der Waals surface area contributed by atoms with Crippen LogP contribution in [0.15, 0.2) is 21.9 Å². The van der Waals surface area contributed by atoms with Gasteiger partial charge in [-0.25, -0.2) is 13.4 Å². The highest BCUT2D eigenvalue weighted by Gasteiger charge is 2.34. The first-order valence-corrected chi connectivity index (χ1v) is 12.4. The highest BCUT2D eigenvalue weighted by atomic mass is 32.2. The van der Waals surface area contributed by atoms with Crippen molar-refractivity contribution in [2.75, 3.05) is 24.2 Å². The Balaban J connectivity index is 1.67. The first-order chi connectivity index (χ1) is 13.3. The standard InChI is InChI=1S/C16H24N6O3S3/c1-4-26-16-20-19-15(27-16)18-14(23)12-6-5-7-22(8-12)28(24,25)13-9-21(10-17-13)11(2)3/h9-12H,4-8H2,1-3H3,(H,18,19,23)/t12-/m1/s1. The van der Waals surface area contributed by atoms with E-state index < -0.39 is 15.9 Å². The summed E-state index contributed by atoms with van der Waals surface area (Å²) < 4.78 is 29.7. The summed E-state index contributed by atoms with van der Waals surface area (Å²) in [6.45, 7) is 6.45. The highest BCUT2D eigenvalue weighted by molar-refractivity contribution is 8.01. The van der Waals surface area contributed by atoms with Gasteiger partial charge in [-0.05, 0) is 32.4 Å². The van der Waals surface area contributed by atoms with Crippen LogP contribution in [-0.2, 0) is 14.8 Å². The third kappa shape index (κ3) is 4.73. The molecule has 9 nitrogen and oxygen atoms in total. The monoisotopic (exact) mass is 444 g/mol. The van der Waals surface area contributed by atoms with Crippen LogP contribution in [0.5, 0.6) is 0 Å². The largest absolute Gasteiger partial charge is 0.334 e. The van der Waals surface area contributed by atoms with Crippen molar-refractivity contribution < 1.29 is 13.2 Å². The van der Waals surface area contributed by atoms with Gasteiger partial charge in [-0.2, -0.15) is 4.31 Å². The number of anilines is 1. The number of hydrogen-bond acceptors (Lipinski definition) is 8. The van der Waals surface area contributed by atoms with E-state index in [0.717, 1.165) is 10.1 Å². The number of carbonyl (C=O) groups is 1. The summed E-state index contributed by atoms with van der Waals surface area (Å²) in [5.74, 6) is 0.226. The van der Waals surface area contributed by atoms with Crippen molar-refractivity contribution in [1.29, 1.82) is 0 Å². The minimum atomic E-state index is -3.72. The molecule has 1 aliphatic heterocycles. The first kappa shape index (κ1) is 21.2. The van der Waals surface area contributed by atoms with Crippen LogP contribution < -0.4 is 5.32 Å². The van der Waals surface area contributed by atoms with Crippen LogP contribution in [0.2, 0.25) is 0 Å². The van der Waals surface area contributed by atoms with E-state index in [4.69, 9.17) is 0 Å². The van der Waals surface area contributed by atoms with Gasteiger partial charge in [0.1, 0.15) is 0 Å². The number of piperidine rings is 1. The molecule has 0 aliphatic carbocycles. The van der Waals surface area contributed by atoms with Gasteiger partial charge in [0.25, 0.3) is 10.0 Å². The van der Waals surface area contributed by atoms with Gasteiger partial charge < -0.3 is 9.88 Å². The second kappa shape index (κ2) is 8.89. The second-order valence-corrected chi connectivity index (χ2v) is 11.1. The first-order valence-electron chi connectivity index (χ1n) is 9.12. The van der Waals surface area contributed by atoms with Crippen molar-refractivity contribution in [3.05, 3.63) is 12.5 Å². The molecular weight excluding hydrogens is 420 g/mol. The maximum Gasteiger partial charge on any atom is 0.262 e. The number of imidazole rings is 1. The van der Waals surface area contributed by atoms with Gasteiger partial charge in [-0.3, -0.25) is 4.79 Å². The fraction of sp³-hybridized carbons (Fsp3) is 0.625. The van der Waals surface area contributed by atoms with Crippen molar-refractivity contribution in [1.82, 2.24) is 24.1 Å². The molecule has 3 heterocycles. The Labute approximate surface area is 173 Å². The molecule has 1 amide bonds. The zero-order valence-corrected chi connectivity index (χ0v) is 18.5. The van der Waals surface area contributed by atoms with Crippen molar-refractivity contribution in [2.24, 2.45) is 5.92 Å². The molecule has 1 N–H and O–H groups in total. The molecule has 3 rings (SSSR count). The summed E-state index contributed by atoms with van der Waals surface area (Å²) in [6, 6.07) is 0.124. The zero-order chi connectivity index (χ0) is 20.3. The van der Waals surface area contributed by atoms with E-state index in [1.807, 2.05) is 20.8 Å². The molecule has 1 fully saturated rings. The predicted octanol–water partition coefficient (Wildman–Crippen LogP) is 2.47. The zero-order valence-electron chi connectivity index (χ0n) is 16.0. The van der Waals surface area contributed by atoms with Crippen LogP contribution in [0, 0.1) is 5.92 Å². The molecule has 0 unspecified atom stereocenters. The lowest BCUT2D eigenvalue weighted by Gasteiger charge is -2.30. The molecule has 1 aliphatic rings. The molecular formula is C16H24N6O3S3. The number of nitrogens with zero attached hydrogens (tertiary/aromatic N) is 5. The number of hydrogen-bond donors (Lipinski definition) is 1. The number of carbonyl (C=O) groups excluding carboxylic acids is 1.